The number of benzene rings is 2. The van der Waals surface area contributed by atoms with Gasteiger partial charge in [-0.1, -0.05) is 11.6 Å². The van der Waals surface area contributed by atoms with E-state index in [0.29, 0.717) is 0 Å². The zero-order valence-corrected chi connectivity index (χ0v) is 10.7. The normalized spacial score (nSPS) is 10.3. The van der Waals surface area contributed by atoms with Crippen molar-refractivity contribution in [1.82, 2.24) is 0 Å². The van der Waals surface area contributed by atoms with Gasteiger partial charge in [0.25, 0.3) is 0 Å². The highest BCUT2D eigenvalue weighted by Gasteiger charge is 2.19. The van der Waals surface area contributed by atoms with Crippen molar-refractivity contribution in [3.8, 4) is 5.75 Å². The molecule has 0 spiro atoms. The third-order valence-corrected chi connectivity index (χ3v) is 2.81. The van der Waals surface area contributed by atoms with Crippen molar-refractivity contribution >= 4 is 17.4 Å². The summed E-state index contributed by atoms with van der Waals surface area (Å²) in [6, 6.07) is 7.08. The third kappa shape index (κ3) is 2.74. The first kappa shape index (κ1) is 13.5. The SMILES string of the molecule is COc1ccc(F)cc1C(=O)c1cc(Cl)ccc1F. The molecule has 0 atom stereocenters. The fourth-order valence-electron chi connectivity index (χ4n) is 1.67. The molecule has 0 aliphatic heterocycles. The predicted octanol–water partition coefficient (Wildman–Crippen LogP) is 3.86. The van der Waals surface area contributed by atoms with Crippen LogP contribution in [0.4, 0.5) is 8.78 Å². The van der Waals surface area contributed by atoms with E-state index in [1.807, 2.05) is 0 Å². The highest BCUT2D eigenvalue weighted by Crippen LogP contribution is 2.25. The molecule has 0 unspecified atom stereocenters. The van der Waals surface area contributed by atoms with Crippen molar-refractivity contribution in [2.45, 2.75) is 0 Å². The van der Waals surface area contributed by atoms with Gasteiger partial charge in [0.15, 0.2) is 5.78 Å². The van der Waals surface area contributed by atoms with Crippen LogP contribution in [0.15, 0.2) is 36.4 Å². The monoisotopic (exact) mass is 282 g/mol. The minimum Gasteiger partial charge on any atom is -0.496 e. The smallest absolute Gasteiger partial charge is 0.199 e. The Labute approximate surface area is 113 Å². The van der Waals surface area contributed by atoms with Gasteiger partial charge in [0.05, 0.1) is 18.2 Å². The Balaban J connectivity index is 2.55. The van der Waals surface area contributed by atoms with Crippen LogP contribution in [-0.2, 0) is 0 Å². The predicted molar refractivity (Wildman–Crippen MR) is 67.8 cm³/mol. The second-order valence-electron chi connectivity index (χ2n) is 3.80. The van der Waals surface area contributed by atoms with Crippen LogP contribution in [0, 0.1) is 11.6 Å². The molecule has 0 aliphatic carbocycles. The largest absolute Gasteiger partial charge is 0.496 e. The second-order valence-corrected chi connectivity index (χ2v) is 4.23. The summed E-state index contributed by atoms with van der Waals surface area (Å²) in [4.78, 5) is 12.2. The molecule has 0 amide bonds. The minimum atomic E-state index is -0.722. The van der Waals surface area contributed by atoms with Gasteiger partial charge < -0.3 is 4.74 Å². The molecule has 19 heavy (non-hydrogen) atoms. The maximum absolute atomic E-state index is 13.6. The van der Waals surface area contributed by atoms with Crippen LogP contribution in [0.25, 0.3) is 0 Å². The lowest BCUT2D eigenvalue weighted by molar-refractivity contribution is 0.103. The number of carbonyl (C=O) groups is 1. The summed E-state index contributed by atoms with van der Waals surface area (Å²) >= 11 is 5.73. The molecule has 0 bridgehead atoms. The summed E-state index contributed by atoms with van der Waals surface area (Å²) in [5, 5.41) is 0.222. The van der Waals surface area contributed by atoms with Crippen LogP contribution < -0.4 is 4.74 Å². The highest BCUT2D eigenvalue weighted by molar-refractivity contribution is 6.31. The van der Waals surface area contributed by atoms with E-state index < -0.39 is 17.4 Å². The molecule has 0 N–H and O–H groups in total. The van der Waals surface area contributed by atoms with Crippen molar-refractivity contribution in [2.24, 2.45) is 0 Å². The number of rotatable bonds is 3. The molecule has 2 aromatic rings. The van der Waals surface area contributed by atoms with Crippen LogP contribution in [0.1, 0.15) is 15.9 Å². The van der Waals surface area contributed by atoms with Gasteiger partial charge in [-0.15, -0.1) is 0 Å². The first-order chi connectivity index (χ1) is 9.02. The van der Waals surface area contributed by atoms with E-state index in [9.17, 15) is 13.6 Å². The zero-order chi connectivity index (χ0) is 14.0. The maximum atomic E-state index is 13.6. The topological polar surface area (TPSA) is 26.3 Å². The Morgan fingerprint density at radius 3 is 2.53 bits per heavy atom. The molecule has 98 valence electrons. The summed E-state index contributed by atoms with van der Waals surface area (Å²) in [7, 11) is 1.35. The van der Waals surface area contributed by atoms with Crippen LogP contribution in [0.5, 0.6) is 5.75 Å². The number of hydrogen-bond donors (Lipinski definition) is 0. The van der Waals surface area contributed by atoms with Gasteiger partial charge in [-0.3, -0.25) is 4.79 Å². The number of carbonyl (C=O) groups excluding carboxylic acids is 1. The molecular formula is C14H9ClF2O2. The van der Waals surface area contributed by atoms with Crippen LogP contribution in [-0.4, -0.2) is 12.9 Å². The Kier molecular flexibility index (Phi) is 3.81. The molecule has 0 aromatic heterocycles. The molecule has 5 heteroatoms. The fraction of sp³-hybridized carbons (Fsp3) is 0.0714. The summed E-state index contributed by atoms with van der Waals surface area (Å²) < 4.78 is 31.8. The fourth-order valence-corrected chi connectivity index (χ4v) is 1.85. The molecule has 2 rings (SSSR count). The summed E-state index contributed by atoms with van der Waals surface area (Å²) in [6.07, 6.45) is 0. The van der Waals surface area contributed by atoms with Crippen molar-refractivity contribution in [1.29, 1.82) is 0 Å². The number of ketones is 1. The van der Waals surface area contributed by atoms with Crippen molar-refractivity contribution in [3.05, 3.63) is 64.2 Å². The van der Waals surface area contributed by atoms with Crippen molar-refractivity contribution in [3.63, 3.8) is 0 Å². The zero-order valence-electron chi connectivity index (χ0n) is 9.91. The van der Waals surface area contributed by atoms with Gasteiger partial charge in [-0.25, -0.2) is 8.78 Å². The molecule has 0 saturated carbocycles. The summed E-state index contributed by atoms with van der Waals surface area (Å²) in [5.41, 5.74) is -0.278. The molecule has 0 heterocycles. The molecule has 2 aromatic carbocycles. The number of ether oxygens (including phenoxy) is 1. The van der Waals surface area contributed by atoms with Crippen molar-refractivity contribution in [2.75, 3.05) is 7.11 Å². The lowest BCUT2D eigenvalue weighted by Crippen LogP contribution is -2.07. The van der Waals surface area contributed by atoms with Gasteiger partial charge >= 0.3 is 0 Å². The molecule has 2 nitrogen and oxygen atoms in total. The molecule has 0 saturated heterocycles. The molecule has 0 aliphatic rings. The van der Waals surface area contributed by atoms with Gasteiger partial charge in [0, 0.05) is 5.02 Å². The van der Waals surface area contributed by atoms with Crippen LogP contribution in [0.2, 0.25) is 5.02 Å². The third-order valence-electron chi connectivity index (χ3n) is 2.58. The van der Waals surface area contributed by atoms with Crippen LogP contribution in [0.3, 0.4) is 0 Å². The van der Waals surface area contributed by atoms with Crippen LogP contribution >= 0.6 is 11.6 Å². The number of hydrogen-bond acceptors (Lipinski definition) is 2. The van der Waals surface area contributed by atoms with E-state index in [4.69, 9.17) is 16.3 Å². The van der Waals surface area contributed by atoms with Crippen molar-refractivity contribution < 1.29 is 18.3 Å². The second kappa shape index (κ2) is 5.36. The lowest BCUT2D eigenvalue weighted by atomic mass is 10.0. The quantitative estimate of drug-likeness (QED) is 0.799. The number of methoxy groups -OCH3 is 1. The number of halogens is 3. The van der Waals surface area contributed by atoms with E-state index in [1.165, 1.54) is 25.3 Å². The van der Waals surface area contributed by atoms with Gasteiger partial charge in [0.2, 0.25) is 0 Å². The van der Waals surface area contributed by atoms with Gasteiger partial charge in [-0.2, -0.15) is 0 Å². The standard InChI is InChI=1S/C14H9ClF2O2/c1-19-13-5-3-9(16)7-11(13)14(18)10-6-8(15)2-4-12(10)17/h2-7H,1H3. The minimum absolute atomic E-state index is 0.0522. The lowest BCUT2D eigenvalue weighted by Gasteiger charge is -2.08. The summed E-state index contributed by atoms with van der Waals surface area (Å²) in [5.74, 6) is -1.84. The van der Waals surface area contributed by atoms with Gasteiger partial charge in [-0.05, 0) is 36.4 Å². The Morgan fingerprint density at radius 2 is 1.84 bits per heavy atom. The van der Waals surface area contributed by atoms with E-state index in [0.717, 1.165) is 18.2 Å². The maximum Gasteiger partial charge on any atom is 0.199 e. The summed E-state index contributed by atoms with van der Waals surface area (Å²) in [6.45, 7) is 0. The molecular weight excluding hydrogens is 274 g/mol. The Hall–Kier alpha value is -1.94. The Morgan fingerprint density at radius 1 is 1.11 bits per heavy atom. The Bertz CT molecular complexity index is 641. The van der Waals surface area contributed by atoms with E-state index in [2.05, 4.69) is 0 Å². The molecule has 0 radical (unpaired) electrons. The van der Waals surface area contributed by atoms with E-state index >= 15 is 0 Å². The highest BCUT2D eigenvalue weighted by atomic mass is 35.5. The van der Waals surface area contributed by atoms with Gasteiger partial charge in [0.1, 0.15) is 17.4 Å². The first-order valence-electron chi connectivity index (χ1n) is 5.36. The van der Waals surface area contributed by atoms with E-state index in [-0.39, 0.29) is 21.9 Å². The average Bonchev–Trinajstić information content (AvgIpc) is 2.40. The average molecular weight is 283 g/mol. The first-order valence-corrected chi connectivity index (χ1v) is 5.74. The van der Waals surface area contributed by atoms with E-state index in [1.54, 1.807) is 0 Å². The molecule has 0 fully saturated rings.